The fourth-order valence-corrected chi connectivity index (χ4v) is 5.30. The van der Waals surface area contributed by atoms with Crippen molar-refractivity contribution in [3.8, 4) is 28.4 Å². The van der Waals surface area contributed by atoms with E-state index in [0.717, 1.165) is 44.6 Å². The molecule has 0 aliphatic rings. The predicted molar refractivity (Wildman–Crippen MR) is 163 cm³/mol. The van der Waals surface area contributed by atoms with Crippen LogP contribution in [0.2, 0.25) is 0 Å². The normalized spacial score (nSPS) is 11.1. The molecule has 7 aromatic rings. The number of nitrogens with zero attached hydrogens (tertiary/aromatic N) is 1. The topological polar surface area (TPSA) is 48.2 Å². The lowest BCUT2D eigenvalue weighted by atomic mass is 10.0. The van der Waals surface area contributed by atoms with Gasteiger partial charge < -0.3 is 14.6 Å². The average molecular weight is 518 g/mol. The Balaban J connectivity index is 1.32. The highest BCUT2D eigenvalue weighted by Gasteiger charge is 2.19. The Morgan fingerprint density at radius 2 is 1.20 bits per heavy atom. The summed E-state index contributed by atoms with van der Waals surface area (Å²) in [6, 6.07) is 47.9. The summed E-state index contributed by atoms with van der Waals surface area (Å²) in [6.45, 7) is 0. The molecule has 0 spiro atoms. The van der Waals surface area contributed by atoms with Gasteiger partial charge in [-0.25, -0.2) is 0 Å². The van der Waals surface area contributed by atoms with Gasteiger partial charge in [0.2, 0.25) is 5.75 Å². The van der Waals surface area contributed by atoms with Crippen LogP contribution in [0.1, 0.15) is 0 Å². The maximum atomic E-state index is 13.1. The van der Waals surface area contributed by atoms with Crippen molar-refractivity contribution < 1.29 is 9.84 Å². The van der Waals surface area contributed by atoms with Crippen molar-refractivity contribution in [1.29, 1.82) is 0 Å². The number of benzene rings is 6. The maximum Gasteiger partial charge on any atom is 0.221 e. The Labute approximate surface area is 232 Å². The van der Waals surface area contributed by atoms with Crippen molar-refractivity contribution in [3.05, 3.63) is 146 Å². The summed E-state index contributed by atoms with van der Waals surface area (Å²) in [5.74, 6) is 0.695. The predicted octanol–water partition coefficient (Wildman–Crippen LogP) is 10.4. The van der Waals surface area contributed by atoms with E-state index in [9.17, 15) is 5.11 Å². The van der Waals surface area contributed by atoms with Crippen LogP contribution < -0.4 is 9.64 Å². The van der Waals surface area contributed by atoms with E-state index in [1.807, 2.05) is 84.9 Å². The zero-order chi connectivity index (χ0) is 26.9. The van der Waals surface area contributed by atoms with Crippen LogP contribution in [0.25, 0.3) is 32.9 Å². The van der Waals surface area contributed by atoms with Gasteiger partial charge in [0.1, 0.15) is 0 Å². The molecule has 0 saturated heterocycles. The van der Waals surface area contributed by atoms with Gasteiger partial charge in [-0.15, -0.1) is 0 Å². The summed E-state index contributed by atoms with van der Waals surface area (Å²) in [5, 5.41) is 15.4. The molecular weight excluding hydrogens is 492 g/mol. The van der Waals surface area contributed by atoms with E-state index < -0.39 is 0 Å². The molecule has 0 amide bonds. The smallest absolute Gasteiger partial charge is 0.221 e. The summed E-state index contributed by atoms with van der Waals surface area (Å²) in [4.78, 5) is 5.70. The van der Waals surface area contributed by atoms with E-state index in [-0.39, 0.29) is 11.5 Å². The van der Waals surface area contributed by atoms with Gasteiger partial charge in [-0.1, -0.05) is 91.0 Å². The van der Waals surface area contributed by atoms with Crippen molar-refractivity contribution in [3.63, 3.8) is 0 Å². The molecule has 7 rings (SSSR count). The molecule has 4 heteroatoms. The lowest BCUT2D eigenvalue weighted by Crippen LogP contribution is -2.10. The highest BCUT2D eigenvalue weighted by molar-refractivity contribution is 6.11. The molecule has 4 nitrogen and oxygen atoms in total. The second-order valence-corrected chi connectivity index (χ2v) is 9.64. The van der Waals surface area contributed by atoms with Crippen LogP contribution in [0.5, 0.6) is 17.2 Å². The lowest BCUT2D eigenvalue weighted by Gasteiger charge is -2.27. The summed E-state index contributed by atoms with van der Waals surface area (Å²) >= 11 is 0. The minimum Gasteiger partial charge on any atom is -0.451 e. The Morgan fingerprint density at radius 3 is 1.98 bits per heavy atom. The number of rotatable bonds is 6. The van der Waals surface area contributed by atoms with Crippen molar-refractivity contribution in [1.82, 2.24) is 4.98 Å². The lowest BCUT2D eigenvalue weighted by molar-refractivity contribution is 0.329. The molecule has 1 heterocycles. The molecule has 0 saturated carbocycles. The van der Waals surface area contributed by atoms with E-state index in [4.69, 9.17) is 4.74 Å². The first-order valence-electron chi connectivity index (χ1n) is 13.2. The van der Waals surface area contributed by atoms with Crippen LogP contribution in [0.15, 0.2) is 146 Å². The first-order chi connectivity index (χ1) is 19.8. The number of para-hydroxylation sites is 6. The molecule has 1 aromatic heterocycles. The molecule has 0 aliphatic heterocycles. The summed E-state index contributed by atoms with van der Waals surface area (Å²) in [5.41, 5.74) is 6.86. The van der Waals surface area contributed by atoms with Crippen LogP contribution in [0, 0.1) is 0 Å². The molecule has 6 aromatic carbocycles. The van der Waals surface area contributed by atoms with Gasteiger partial charge in [0.15, 0.2) is 11.5 Å². The van der Waals surface area contributed by atoms with E-state index in [1.165, 1.54) is 5.39 Å². The molecular formula is C36H25N2O2. The van der Waals surface area contributed by atoms with Gasteiger partial charge in [-0.2, -0.15) is 0 Å². The minimum absolute atomic E-state index is 0.173. The van der Waals surface area contributed by atoms with Gasteiger partial charge in [-0.05, 0) is 60.2 Å². The quantitative estimate of drug-likeness (QED) is 0.238. The molecule has 40 heavy (non-hydrogen) atoms. The average Bonchev–Trinajstić information content (AvgIpc) is 3.39. The van der Waals surface area contributed by atoms with Gasteiger partial charge in [0.25, 0.3) is 0 Å². The fraction of sp³-hybridized carbons (Fsp3) is 0. The van der Waals surface area contributed by atoms with Crippen LogP contribution in [-0.4, -0.2) is 4.98 Å². The van der Waals surface area contributed by atoms with Crippen molar-refractivity contribution in [2.24, 2.45) is 0 Å². The first kappa shape index (κ1) is 23.6. The standard InChI is InChI=1S/C36H25N2O2/c39-33-23-22-25(28-17-11-18-30-29-16-7-8-19-31(29)37-36(28)30)24-35(33)40-34-21-10-9-20-32(34)38(26-12-3-1-4-13-26)27-14-5-2-6-15-27/h1-24,37H. The SMILES string of the molecule is [O]c1ccc(-c2cccc3c2[nH]c2ccccc23)cc1Oc1ccccc1N(c1ccccc1)c1ccccc1. The van der Waals surface area contributed by atoms with E-state index in [1.54, 1.807) is 6.07 Å². The van der Waals surface area contributed by atoms with Crippen LogP contribution in [-0.2, 0) is 5.11 Å². The third kappa shape index (κ3) is 4.22. The Hall–Kier alpha value is -5.48. The van der Waals surface area contributed by atoms with Crippen LogP contribution in [0.4, 0.5) is 17.1 Å². The summed E-state index contributed by atoms with van der Waals surface area (Å²) in [6.07, 6.45) is 0. The number of aromatic nitrogens is 1. The second-order valence-electron chi connectivity index (χ2n) is 9.64. The largest absolute Gasteiger partial charge is 0.451 e. The highest BCUT2D eigenvalue weighted by atomic mass is 16.5. The van der Waals surface area contributed by atoms with E-state index >= 15 is 0 Å². The molecule has 0 atom stereocenters. The minimum atomic E-state index is -0.173. The zero-order valence-corrected chi connectivity index (χ0v) is 21.6. The fourth-order valence-electron chi connectivity index (χ4n) is 5.30. The summed E-state index contributed by atoms with van der Waals surface area (Å²) in [7, 11) is 0. The molecule has 0 aliphatic carbocycles. The number of ether oxygens (including phenoxy) is 1. The van der Waals surface area contributed by atoms with Crippen LogP contribution >= 0.6 is 0 Å². The number of fused-ring (bicyclic) bond motifs is 3. The number of hydrogen-bond acceptors (Lipinski definition) is 2. The molecule has 0 bridgehead atoms. The first-order valence-corrected chi connectivity index (χ1v) is 13.2. The number of anilines is 3. The number of H-pyrrole nitrogens is 1. The molecule has 0 unspecified atom stereocenters. The zero-order valence-electron chi connectivity index (χ0n) is 21.6. The molecule has 1 radical (unpaired) electrons. The number of nitrogens with one attached hydrogen (secondary N) is 1. The number of aromatic amines is 1. The molecule has 1 N–H and O–H groups in total. The maximum absolute atomic E-state index is 13.1. The Morgan fingerprint density at radius 1 is 0.550 bits per heavy atom. The van der Waals surface area contributed by atoms with Gasteiger partial charge in [-0.3, -0.25) is 5.11 Å². The third-order valence-electron chi connectivity index (χ3n) is 7.15. The van der Waals surface area contributed by atoms with Crippen molar-refractivity contribution in [2.45, 2.75) is 0 Å². The second kappa shape index (κ2) is 10.0. The van der Waals surface area contributed by atoms with E-state index in [0.29, 0.717) is 5.75 Å². The highest BCUT2D eigenvalue weighted by Crippen LogP contribution is 2.44. The van der Waals surface area contributed by atoms with E-state index in [2.05, 4.69) is 64.5 Å². The monoisotopic (exact) mass is 517 g/mol. The van der Waals surface area contributed by atoms with Crippen molar-refractivity contribution in [2.75, 3.05) is 4.90 Å². The van der Waals surface area contributed by atoms with Gasteiger partial charge in [0.05, 0.1) is 11.2 Å². The number of hydrogen-bond donors (Lipinski definition) is 1. The van der Waals surface area contributed by atoms with Gasteiger partial charge in [0, 0.05) is 33.2 Å². The third-order valence-corrected chi connectivity index (χ3v) is 7.15. The molecule has 0 fully saturated rings. The van der Waals surface area contributed by atoms with Gasteiger partial charge >= 0.3 is 0 Å². The summed E-state index contributed by atoms with van der Waals surface area (Å²) < 4.78 is 6.43. The Kier molecular flexibility index (Phi) is 5.91. The molecule has 191 valence electrons. The van der Waals surface area contributed by atoms with Crippen LogP contribution in [0.3, 0.4) is 0 Å². The Bertz CT molecular complexity index is 1910. The van der Waals surface area contributed by atoms with Crippen molar-refractivity contribution >= 4 is 38.9 Å².